The van der Waals surface area contributed by atoms with Crippen molar-refractivity contribution in [2.45, 2.75) is 20.8 Å². The number of likely N-dealkylation sites (N-methyl/N-ethyl adjacent to an activating group) is 1. The Hall–Kier alpha value is -2.11. The minimum Gasteiger partial charge on any atom is -0.376 e. The summed E-state index contributed by atoms with van der Waals surface area (Å²) in [6.45, 7) is 7.95. The monoisotopic (exact) mass is 292 g/mol. The third kappa shape index (κ3) is 4.73. The van der Waals surface area contributed by atoms with Gasteiger partial charge in [0.2, 0.25) is 5.91 Å². The fourth-order valence-corrected chi connectivity index (χ4v) is 1.82. The minimum absolute atomic E-state index is 0.00549. The molecule has 1 aromatic heterocycles. The number of pyridine rings is 1. The van der Waals surface area contributed by atoms with Crippen LogP contribution in [0.2, 0.25) is 0 Å². The van der Waals surface area contributed by atoms with Crippen LogP contribution in [-0.2, 0) is 4.79 Å². The highest BCUT2D eigenvalue weighted by molar-refractivity contribution is 5.93. The number of anilines is 1. The fraction of sp³-hybridized carbons (Fsp3) is 0.533. The zero-order valence-corrected chi connectivity index (χ0v) is 13.2. The molecule has 1 rings (SSSR count). The predicted octanol–water partition coefficient (Wildman–Crippen LogP) is 1.45. The van der Waals surface area contributed by atoms with E-state index in [1.165, 1.54) is 0 Å². The number of carbonyl (C=O) groups is 2. The lowest BCUT2D eigenvalue weighted by Crippen LogP contribution is -2.32. The van der Waals surface area contributed by atoms with Crippen molar-refractivity contribution < 1.29 is 9.59 Å². The summed E-state index contributed by atoms with van der Waals surface area (Å²) in [4.78, 5) is 31.4. The van der Waals surface area contributed by atoms with Gasteiger partial charge in [-0.05, 0) is 32.9 Å². The molecule has 1 N–H and O–H groups in total. The Labute approximate surface area is 126 Å². The molecule has 0 aliphatic heterocycles. The molecule has 0 fully saturated rings. The average Bonchev–Trinajstić information content (AvgIpc) is 2.53. The molecular formula is C15H24N4O2. The molecule has 0 radical (unpaired) electrons. The second-order valence-corrected chi connectivity index (χ2v) is 4.67. The second-order valence-electron chi connectivity index (χ2n) is 4.67. The molecule has 0 unspecified atom stereocenters. The molecule has 21 heavy (non-hydrogen) atoms. The third-order valence-electron chi connectivity index (χ3n) is 3.37. The highest BCUT2D eigenvalue weighted by atomic mass is 16.2. The minimum atomic E-state index is -0.0966. The van der Waals surface area contributed by atoms with E-state index in [1.54, 1.807) is 35.2 Å². The van der Waals surface area contributed by atoms with Gasteiger partial charge >= 0.3 is 0 Å². The molecule has 0 aromatic carbocycles. The van der Waals surface area contributed by atoms with Crippen molar-refractivity contribution >= 4 is 17.5 Å². The smallest absolute Gasteiger partial charge is 0.272 e. The summed E-state index contributed by atoms with van der Waals surface area (Å²) in [7, 11) is 1.76. The van der Waals surface area contributed by atoms with Crippen LogP contribution in [0.25, 0.3) is 0 Å². The summed E-state index contributed by atoms with van der Waals surface area (Å²) in [5, 5.41) is 3.03. The van der Waals surface area contributed by atoms with Gasteiger partial charge in [0.1, 0.15) is 5.69 Å². The number of nitrogens with zero attached hydrogens (tertiary/aromatic N) is 3. The number of amides is 2. The lowest BCUT2D eigenvalue weighted by atomic mass is 10.2. The van der Waals surface area contributed by atoms with Crippen LogP contribution < -0.4 is 5.32 Å². The van der Waals surface area contributed by atoms with E-state index in [1.807, 2.05) is 20.8 Å². The van der Waals surface area contributed by atoms with Crippen molar-refractivity contribution in [3.05, 3.63) is 24.0 Å². The van der Waals surface area contributed by atoms with Crippen LogP contribution in [0.1, 0.15) is 31.3 Å². The Morgan fingerprint density at radius 2 is 1.86 bits per heavy atom. The predicted molar refractivity (Wildman–Crippen MR) is 83.3 cm³/mol. The SMILES string of the molecule is CCN(C)C(=O)CNc1ccnc(C(=O)N(CC)CC)c1. The Balaban J connectivity index is 2.72. The van der Waals surface area contributed by atoms with Crippen molar-refractivity contribution in [2.24, 2.45) is 0 Å². The van der Waals surface area contributed by atoms with Gasteiger partial charge in [-0.15, -0.1) is 0 Å². The summed E-state index contributed by atoms with van der Waals surface area (Å²) in [6.07, 6.45) is 1.58. The standard InChI is InChI=1S/C15H24N4O2/c1-5-18(4)14(20)11-17-12-8-9-16-13(10-12)15(21)19(6-2)7-3/h8-10H,5-7,11H2,1-4H3,(H,16,17). The van der Waals surface area contributed by atoms with E-state index in [0.29, 0.717) is 25.3 Å². The number of aromatic nitrogens is 1. The van der Waals surface area contributed by atoms with Gasteiger partial charge in [-0.3, -0.25) is 14.6 Å². The zero-order valence-electron chi connectivity index (χ0n) is 13.2. The van der Waals surface area contributed by atoms with Crippen LogP contribution in [0.3, 0.4) is 0 Å². The van der Waals surface area contributed by atoms with E-state index < -0.39 is 0 Å². The molecule has 0 aliphatic rings. The van der Waals surface area contributed by atoms with Crippen LogP contribution in [0.15, 0.2) is 18.3 Å². The number of rotatable bonds is 7. The van der Waals surface area contributed by atoms with E-state index in [4.69, 9.17) is 0 Å². The van der Waals surface area contributed by atoms with Gasteiger partial charge in [-0.2, -0.15) is 0 Å². The van der Waals surface area contributed by atoms with Crippen molar-refractivity contribution in [3.63, 3.8) is 0 Å². The van der Waals surface area contributed by atoms with Gasteiger partial charge in [0, 0.05) is 38.6 Å². The van der Waals surface area contributed by atoms with E-state index in [2.05, 4.69) is 10.3 Å². The Morgan fingerprint density at radius 1 is 1.19 bits per heavy atom. The van der Waals surface area contributed by atoms with E-state index in [0.717, 1.165) is 5.69 Å². The average molecular weight is 292 g/mol. The molecule has 116 valence electrons. The summed E-state index contributed by atoms with van der Waals surface area (Å²) >= 11 is 0. The first-order valence-corrected chi connectivity index (χ1v) is 7.26. The molecule has 0 saturated carbocycles. The Morgan fingerprint density at radius 3 is 2.43 bits per heavy atom. The molecule has 0 bridgehead atoms. The van der Waals surface area contributed by atoms with E-state index in [-0.39, 0.29) is 18.4 Å². The first-order valence-electron chi connectivity index (χ1n) is 7.26. The van der Waals surface area contributed by atoms with Gasteiger partial charge < -0.3 is 15.1 Å². The molecule has 0 atom stereocenters. The molecule has 0 spiro atoms. The lowest BCUT2D eigenvalue weighted by Gasteiger charge is -2.18. The Bertz CT molecular complexity index is 486. The van der Waals surface area contributed by atoms with E-state index in [9.17, 15) is 9.59 Å². The summed E-state index contributed by atoms with van der Waals surface area (Å²) in [5.41, 5.74) is 1.11. The largest absolute Gasteiger partial charge is 0.376 e. The first-order chi connectivity index (χ1) is 10.0. The van der Waals surface area contributed by atoms with Crippen LogP contribution in [0, 0.1) is 0 Å². The second kappa shape index (κ2) is 8.24. The summed E-state index contributed by atoms with van der Waals surface area (Å²) in [5.74, 6) is -0.0911. The lowest BCUT2D eigenvalue weighted by molar-refractivity contribution is -0.127. The fourth-order valence-electron chi connectivity index (χ4n) is 1.82. The first kappa shape index (κ1) is 16.9. The third-order valence-corrected chi connectivity index (χ3v) is 3.37. The molecule has 1 aromatic rings. The van der Waals surface area contributed by atoms with Crippen LogP contribution in [0.4, 0.5) is 5.69 Å². The number of hydrogen-bond donors (Lipinski definition) is 1. The van der Waals surface area contributed by atoms with Crippen molar-refractivity contribution in [1.29, 1.82) is 0 Å². The highest BCUT2D eigenvalue weighted by Crippen LogP contribution is 2.10. The molecule has 1 heterocycles. The topological polar surface area (TPSA) is 65.5 Å². The van der Waals surface area contributed by atoms with Crippen molar-refractivity contribution in [2.75, 3.05) is 38.5 Å². The molecule has 6 nitrogen and oxygen atoms in total. The molecule has 2 amide bonds. The zero-order chi connectivity index (χ0) is 15.8. The van der Waals surface area contributed by atoms with Crippen molar-refractivity contribution in [1.82, 2.24) is 14.8 Å². The normalized spacial score (nSPS) is 10.1. The van der Waals surface area contributed by atoms with Crippen molar-refractivity contribution in [3.8, 4) is 0 Å². The van der Waals surface area contributed by atoms with Gasteiger partial charge in [0.25, 0.3) is 5.91 Å². The summed E-state index contributed by atoms with van der Waals surface area (Å²) in [6, 6.07) is 3.43. The van der Waals surface area contributed by atoms with Crippen LogP contribution in [-0.4, -0.2) is 59.8 Å². The number of carbonyl (C=O) groups excluding carboxylic acids is 2. The van der Waals surface area contributed by atoms with Gasteiger partial charge in [0.05, 0.1) is 6.54 Å². The number of nitrogens with one attached hydrogen (secondary N) is 1. The molecule has 6 heteroatoms. The maximum Gasteiger partial charge on any atom is 0.272 e. The molecule has 0 saturated heterocycles. The van der Waals surface area contributed by atoms with Gasteiger partial charge in [0.15, 0.2) is 0 Å². The van der Waals surface area contributed by atoms with Crippen LogP contribution >= 0.6 is 0 Å². The number of hydrogen-bond acceptors (Lipinski definition) is 4. The Kier molecular flexibility index (Phi) is 6.65. The van der Waals surface area contributed by atoms with Crippen LogP contribution in [0.5, 0.6) is 0 Å². The highest BCUT2D eigenvalue weighted by Gasteiger charge is 2.14. The van der Waals surface area contributed by atoms with Gasteiger partial charge in [-0.25, -0.2) is 0 Å². The maximum atomic E-state index is 12.2. The quantitative estimate of drug-likeness (QED) is 0.826. The summed E-state index contributed by atoms with van der Waals surface area (Å²) < 4.78 is 0. The maximum absolute atomic E-state index is 12.2. The van der Waals surface area contributed by atoms with E-state index >= 15 is 0 Å². The molecule has 0 aliphatic carbocycles. The molecular weight excluding hydrogens is 268 g/mol. The van der Waals surface area contributed by atoms with Gasteiger partial charge in [-0.1, -0.05) is 0 Å².